The van der Waals surface area contributed by atoms with Crippen LogP contribution >= 0.6 is 0 Å². The average Bonchev–Trinajstić information content (AvgIpc) is 2.37. The molecule has 3 heteroatoms. The lowest BCUT2D eigenvalue weighted by molar-refractivity contribution is 0.101. The number of rotatable bonds is 9. The molecule has 2 nitrogen and oxygen atoms in total. The fraction of sp³-hybridized carbons (Fsp3) is 0.562. The molecule has 0 saturated carbocycles. The van der Waals surface area contributed by atoms with Gasteiger partial charge in [0.1, 0.15) is 11.6 Å². The molecule has 0 N–H and O–H groups in total. The standard InChI is InChI=1S/C16H23FO2/c1-3-4-5-6-7-8-11-19-16-12-14(17)9-10-15(16)13(2)18/h9-10,12H,3-8,11H2,1-2H3. The van der Waals surface area contributed by atoms with E-state index in [1.165, 1.54) is 50.8 Å². The summed E-state index contributed by atoms with van der Waals surface area (Å²) in [6.45, 7) is 4.19. The highest BCUT2D eigenvalue weighted by Gasteiger charge is 2.09. The van der Waals surface area contributed by atoms with Gasteiger partial charge in [-0.15, -0.1) is 0 Å². The van der Waals surface area contributed by atoms with Gasteiger partial charge in [-0.1, -0.05) is 39.0 Å². The minimum Gasteiger partial charge on any atom is -0.493 e. The van der Waals surface area contributed by atoms with Gasteiger partial charge in [0, 0.05) is 6.07 Å². The molecule has 0 atom stereocenters. The normalized spacial score (nSPS) is 10.5. The molecular formula is C16H23FO2. The van der Waals surface area contributed by atoms with Crippen LogP contribution in [-0.2, 0) is 0 Å². The zero-order valence-electron chi connectivity index (χ0n) is 11.9. The van der Waals surface area contributed by atoms with Crippen LogP contribution in [0.25, 0.3) is 0 Å². The quantitative estimate of drug-likeness (QED) is 0.475. The summed E-state index contributed by atoms with van der Waals surface area (Å²) in [5, 5.41) is 0. The number of carbonyl (C=O) groups excluding carboxylic acids is 1. The topological polar surface area (TPSA) is 26.3 Å². The number of halogens is 1. The van der Waals surface area contributed by atoms with E-state index in [-0.39, 0.29) is 11.6 Å². The Morgan fingerprint density at radius 1 is 1.16 bits per heavy atom. The van der Waals surface area contributed by atoms with Crippen molar-refractivity contribution in [3.8, 4) is 5.75 Å². The molecule has 0 aliphatic carbocycles. The predicted molar refractivity (Wildman–Crippen MR) is 75.3 cm³/mol. The number of benzene rings is 1. The molecule has 0 aliphatic rings. The molecule has 0 saturated heterocycles. The summed E-state index contributed by atoms with van der Waals surface area (Å²) in [5.41, 5.74) is 0.451. The van der Waals surface area contributed by atoms with E-state index in [4.69, 9.17) is 4.74 Å². The fourth-order valence-electron chi connectivity index (χ4n) is 1.97. The Bertz CT molecular complexity index is 402. The first-order chi connectivity index (χ1) is 9.15. The largest absolute Gasteiger partial charge is 0.493 e. The number of carbonyl (C=O) groups is 1. The zero-order valence-corrected chi connectivity index (χ0v) is 11.9. The number of hydrogen-bond acceptors (Lipinski definition) is 2. The highest BCUT2D eigenvalue weighted by atomic mass is 19.1. The van der Waals surface area contributed by atoms with Crippen molar-refractivity contribution < 1.29 is 13.9 Å². The third-order valence-corrected chi connectivity index (χ3v) is 3.08. The molecular weight excluding hydrogens is 243 g/mol. The number of unbranched alkanes of at least 4 members (excludes halogenated alkanes) is 5. The number of ether oxygens (including phenoxy) is 1. The van der Waals surface area contributed by atoms with E-state index >= 15 is 0 Å². The molecule has 0 spiro atoms. The van der Waals surface area contributed by atoms with Crippen molar-refractivity contribution in [3.63, 3.8) is 0 Å². The average molecular weight is 266 g/mol. The third kappa shape index (κ3) is 5.86. The lowest BCUT2D eigenvalue weighted by atomic mass is 10.1. The summed E-state index contributed by atoms with van der Waals surface area (Å²) in [7, 11) is 0. The van der Waals surface area contributed by atoms with Crippen molar-refractivity contribution >= 4 is 5.78 Å². The molecule has 0 radical (unpaired) electrons. The van der Waals surface area contributed by atoms with Crippen LogP contribution in [0.5, 0.6) is 5.75 Å². The first-order valence-electron chi connectivity index (χ1n) is 7.08. The summed E-state index contributed by atoms with van der Waals surface area (Å²) in [6.07, 6.45) is 7.04. The van der Waals surface area contributed by atoms with E-state index in [0.29, 0.717) is 17.9 Å². The molecule has 0 fully saturated rings. The van der Waals surface area contributed by atoms with Crippen molar-refractivity contribution in [1.82, 2.24) is 0 Å². The second kappa shape index (κ2) is 8.68. The van der Waals surface area contributed by atoms with Gasteiger partial charge in [-0.05, 0) is 25.5 Å². The lowest BCUT2D eigenvalue weighted by Crippen LogP contribution is -2.03. The van der Waals surface area contributed by atoms with Gasteiger partial charge in [0.15, 0.2) is 5.78 Å². The number of Topliss-reactive ketones (excluding diaryl/α,β-unsaturated/α-hetero) is 1. The highest BCUT2D eigenvalue weighted by molar-refractivity contribution is 5.96. The van der Waals surface area contributed by atoms with Crippen molar-refractivity contribution in [3.05, 3.63) is 29.6 Å². The minimum absolute atomic E-state index is 0.0991. The summed E-state index contributed by atoms with van der Waals surface area (Å²) < 4.78 is 18.7. The van der Waals surface area contributed by atoms with Crippen LogP contribution in [-0.4, -0.2) is 12.4 Å². The SMILES string of the molecule is CCCCCCCCOc1cc(F)ccc1C(C)=O. The van der Waals surface area contributed by atoms with Gasteiger partial charge in [-0.2, -0.15) is 0 Å². The van der Waals surface area contributed by atoms with E-state index < -0.39 is 0 Å². The summed E-state index contributed by atoms with van der Waals surface area (Å²) >= 11 is 0. The molecule has 106 valence electrons. The predicted octanol–water partition coefficient (Wildman–Crippen LogP) is 4.77. The molecule has 19 heavy (non-hydrogen) atoms. The number of ketones is 1. The van der Waals surface area contributed by atoms with Gasteiger partial charge in [-0.3, -0.25) is 4.79 Å². The first kappa shape index (κ1) is 15.7. The Morgan fingerprint density at radius 2 is 1.84 bits per heavy atom. The number of hydrogen-bond donors (Lipinski definition) is 0. The minimum atomic E-state index is -0.372. The van der Waals surface area contributed by atoms with E-state index in [2.05, 4.69) is 6.92 Å². The van der Waals surface area contributed by atoms with E-state index in [1.807, 2.05) is 0 Å². The molecule has 0 aromatic heterocycles. The summed E-state index contributed by atoms with van der Waals surface area (Å²) in [5.74, 6) is -0.109. The van der Waals surface area contributed by atoms with Gasteiger partial charge in [-0.25, -0.2) is 4.39 Å². The maximum absolute atomic E-state index is 13.1. The Morgan fingerprint density at radius 3 is 2.53 bits per heavy atom. The molecule has 1 aromatic carbocycles. The van der Waals surface area contributed by atoms with Crippen molar-refractivity contribution in [2.75, 3.05) is 6.61 Å². The Hall–Kier alpha value is -1.38. The molecule has 0 heterocycles. The van der Waals surface area contributed by atoms with E-state index in [0.717, 1.165) is 12.8 Å². The Balaban J connectivity index is 2.36. The maximum atomic E-state index is 13.1. The molecule has 1 rings (SSSR count). The van der Waals surface area contributed by atoms with Gasteiger partial charge < -0.3 is 4.74 Å². The van der Waals surface area contributed by atoms with Gasteiger partial charge >= 0.3 is 0 Å². The molecule has 0 unspecified atom stereocenters. The van der Waals surface area contributed by atoms with Crippen LogP contribution in [0.2, 0.25) is 0 Å². The highest BCUT2D eigenvalue weighted by Crippen LogP contribution is 2.21. The molecule has 0 bridgehead atoms. The Labute approximate surface area is 115 Å². The molecule has 0 aliphatic heterocycles. The van der Waals surface area contributed by atoms with Crippen molar-refractivity contribution in [2.45, 2.75) is 52.4 Å². The van der Waals surface area contributed by atoms with Crippen molar-refractivity contribution in [1.29, 1.82) is 0 Å². The monoisotopic (exact) mass is 266 g/mol. The maximum Gasteiger partial charge on any atom is 0.163 e. The Kier molecular flexibility index (Phi) is 7.16. The van der Waals surface area contributed by atoms with Gasteiger partial charge in [0.05, 0.1) is 12.2 Å². The fourth-order valence-corrected chi connectivity index (χ4v) is 1.97. The van der Waals surface area contributed by atoms with Crippen molar-refractivity contribution in [2.24, 2.45) is 0 Å². The second-order valence-electron chi connectivity index (χ2n) is 4.81. The third-order valence-electron chi connectivity index (χ3n) is 3.08. The van der Waals surface area contributed by atoms with Crippen LogP contribution < -0.4 is 4.74 Å². The van der Waals surface area contributed by atoms with Crippen LogP contribution in [0, 0.1) is 5.82 Å². The van der Waals surface area contributed by atoms with Gasteiger partial charge in [0.2, 0.25) is 0 Å². The van der Waals surface area contributed by atoms with Crippen LogP contribution in [0.4, 0.5) is 4.39 Å². The van der Waals surface area contributed by atoms with Crippen LogP contribution in [0.1, 0.15) is 62.7 Å². The zero-order chi connectivity index (χ0) is 14.1. The summed E-state index contributed by atoms with van der Waals surface area (Å²) in [6, 6.07) is 4.05. The second-order valence-corrected chi connectivity index (χ2v) is 4.81. The first-order valence-corrected chi connectivity index (χ1v) is 7.08. The molecule has 1 aromatic rings. The summed E-state index contributed by atoms with van der Waals surface area (Å²) in [4.78, 5) is 11.4. The van der Waals surface area contributed by atoms with Crippen LogP contribution in [0.3, 0.4) is 0 Å². The lowest BCUT2D eigenvalue weighted by Gasteiger charge is -2.09. The smallest absolute Gasteiger partial charge is 0.163 e. The van der Waals surface area contributed by atoms with E-state index in [1.54, 1.807) is 0 Å². The molecule has 0 amide bonds. The van der Waals surface area contributed by atoms with E-state index in [9.17, 15) is 9.18 Å². The van der Waals surface area contributed by atoms with Gasteiger partial charge in [0.25, 0.3) is 0 Å². The van der Waals surface area contributed by atoms with Crippen LogP contribution in [0.15, 0.2) is 18.2 Å².